The van der Waals surface area contributed by atoms with Gasteiger partial charge in [-0.1, -0.05) is 0 Å². The molecule has 0 unspecified atom stereocenters. The molecule has 0 fully saturated rings. The van der Waals surface area contributed by atoms with Crippen molar-refractivity contribution < 1.29 is 34.3 Å². The standard InChI is InChI=1S/CH4O2S.Sc/c1-4(2)3;/h4H,1H3;. The van der Waals surface area contributed by atoms with Crippen LogP contribution in [0, 0.1) is 0 Å². The third kappa shape index (κ3) is 57.0. The van der Waals surface area contributed by atoms with Crippen molar-refractivity contribution in [3.05, 3.63) is 0 Å². The van der Waals surface area contributed by atoms with Crippen LogP contribution < -0.4 is 0 Å². The van der Waals surface area contributed by atoms with E-state index in [0.29, 0.717) is 0 Å². The Bertz CT molecular complexity index is 58.0. The van der Waals surface area contributed by atoms with Gasteiger partial charge in [0, 0.05) is 32.1 Å². The summed E-state index contributed by atoms with van der Waals surface area (Å²) < 4.78 is 18.1. The largest absolute Gasteiger partial charge is 0.232 e. The van der Waals surface area contributed by atoms with Gasteiger partial charge in [-0.25, -0.2) is 8.42 Å². The summed E-state index contributed by atoms with van der Waals surface area (Å²) in [4.78, 5) is 0. The van der Waals surface area contributed by atoms with E-state index in [9.17, 15) is 0 Å². The zero-order chi connectivity index (χ0) is 3.58. The maximum absolute atomic E-state index is 9.04. The van der Waals surface area contributed by atoms with Gasteiger partial charge in [0.2, 0.25) is 0 Å². The van der Waals surface area contributed by atoms with Gasteiger partial charge in [0.05, 0.1) is 0 Å². The first kappa shape index (κ1) is 9.27. The van der Waals surface area contributed by atoms with Gasteiger partial charge in [0.1, 0.15) is 10.7 Å². The summed E-state index contributed by atoms with van der Waals surface area (Å²) in [5.74, 6) is 0. The molecule has 0 spiro atoms. The molecule has 0 saturated heterocycles. The maximum Gasteiger partial charge on any atom is 0.137 e. The second-order valence-corrected chi connectivity index (χ2v) is 1.32. The Balaban J connectivity index is 0. The minimum atomic E-state index is -2.12. The second-order valence-electron chi connectivity index (χ2n) is 0.440. The SMILES string of the molecule is C[SH](=O)=O.[Sc]. The van der Waals surface area contributed by atoms with Crippen LogP contribution in [0.25, 0.3) is 0 Å². The Morgan fingerprint density at radius 3 is 1.40 bits per heavy atom. The van der Waals surface area contributed by atoms with E-state index in [1.807, 2.05) is 0 Å². The molecule has 0 atom stereocenters. The van der Waals surface area contributed by atoms with Gasteiger partial charge < -0.3 is 0 Å². The van der Waals surface area contributed by atoms with E-state index in [4.69, 9.17) is 8.42 Å². The predicted molar refractivity (Wildman–Crippen MR) is 16.2 cm³/mol. The third-order valence-electron chi connectivity index (χ3n) is 0. The Morgan fingerprint density at radius 2 is 1.40 bits per heavy atom. The van der Waals surface area contributed by atoms with Crippen molar-refractivity contribution in [2.75, 3.05) is 6.26 Å². The van der Waals surface area contributed by atoms with E-state index in [0.717, 1.165) is 6.26 Å². The molecular formula is CH4O2SSc. The fraction of sp³-hybridized carbons (Fsp3) is 1.00. The average molecular weight is 125 g/mol. The second kappa shape index (κ2) is 4.82. The molecule has 0 aromatic rings. The number of rotatable bonds is 0. The van der Waals surface area contributed by atoms with Crippen molar-refractivity contribution in [3.8, 4) is 0 Å². The van der Waals surface area contributed by atoms with E-state index < -0.39 is 10.7 Å². The minimum absolute atomic E-state index is 0. The van der Waals surface area contributed by atoms with Gasteiger partial charge in [-0.05, 0) is 0 Å². The van der Waals surface area contributed by atoms with Crippen molar-refractivity contribution in [2.45, 2.75) is 0 Å². The van der Waals surface area contributed by atoms with Crippen LogP contribution in [0.1, 0.15) is 0 Å². The first-order valence-corrected chi connectivity index (χ1v) is 2.44. The molecule has 0 aliphatic carbocycles. The molecule has 4 heteroatoms. The van der Waals surface area contributed by atoms with Crippen molar-refractivity contribution in [3.63, 3.8) is 0 Å². The number of thiol groups is 1. The molecule has 1 radical (unpaired) electrons. The smallest absolute Gasteiger partial charge is 0.137 e. The van der Waals surface area contributed by atoms with Gasteiger partial charge in [-0.2, -0.15) is 0 Å². The number of hydrogen-bond donors (Lipinski definition) is 1. The van der Waals surface area contributed by atoms with Crippen LogP contribution in [0.4, 0.5) is 0 Å². The number of hydrogen-bond acceptors (Lipinski definition) is 2. The average Bonchev–Trinajstić information content (AvgIpc) is 0.811. The molecule has 0 rings (SSSR count). The molecule has 0 saturated carbocycles. The first-order valence-electron chi connectivity index (χ1n) is 0.812. The molecule has 29 valence electrons. The summed E-state index contributed by atoms with van der Waals surface area (Å²) in [7, 11) is -2.12. The molecule has 0 aromatic heterocycles. The fourth-order valence-corrected chi connectivity index (χ4v) is 0. The Labute approximate surface area is 51.3 Å². The van der Waals surface area contributed by atoms with Gasteiger partial charge in [0.25, 0.3) is 0 Å². The van der Waals surface area contributed by atoms with Crippen LogP contribution in [-0.2, 0) is 36.5 Å². The molecule has 0 bridgehead atoms. The summed E-state index contributed by atoms with van der Waals surface area (Å²) in [5, 5.41) is 0. The van der Waals surface area contributed by atoms with Crippen molar-refractivity contribution in [2.24, 2.45) is 0 Å². The quantitative estimate of drug-likeness (QED) is 0.431. The van der Waals surface area contributed by atoms with Crippen LogP contribution in [0.15, 0.2) is 0 Å². The molecule has 0 aromatic carbocycles. The Hall–Kier alpha value is 0.820. The van der Waals surface area contributed by atoms with Gasteiger partial charge in [0.15, 0.2) is 0 Å². The van der Waals surface area contributed by atoms with Crippen LogP contribution >= 0.6 is 0 Å². The van der Waals surface area contributed by atoms with E-state index >= 15 is 0 Å². The molecule has 0 N–H and O–H groups in total. The Kier molecular flexibility index (Phi) is 8.93. The third-order valence-corrected chi connectivity index (χ3v) is 0. The van der Waals surface area contributed by atoms with Gasteiger partial charge in [-0.3, -0.25) is 0 Å². The van der Waals surface area contributed by atoms with Crippen LogP contribution in [0.5, 0.6) is 0 Å². The van der Waals surface area contributed by atoms with Crippen molar-refractivity contribution in [1.29, 1.82) is 0 Å². The normalized spacial score (nSPS) is 6.80. The minimum Gasteiger partial charge on any atom is -0.232 e. The van der Waals surface area contributed by atoms with E-state index in [2.05, 4.69) is 0 Å². The van der Waals surface area contributed by atoms with Crippen LogP contribution in [-0.4, -0.2) is 14.7 Å². The van der Waals surface area contributed by atoms with Crippen molar-refractivity contribution >= 4 is 10.7 Å². The van der Waals surface area contributed by atoms with Gasteiger partial charge in [-0.15, -0.1) is 0 Å². The first-order chi connectivity index (χ1) is 1.73. The molecule has 0 heterocycles. The predicted octanol–water partition coefficient (Wildman–Crippen LogP) is -0.775. The molecule has 0 aliphatic rings. The van der Waals surface area contributed by atoms with E-state index in [-0.39, 0.29) is 25.8 Å². The van der Waals surface area contributed by atoms with E-state index in [1.165, 1.54) is 0 Å². The van der Waals surface area contributed by atoms with Crippen LogP contribution in [0.3, 0.4) is 0 Å². The zero-order valence-electron chi connectivity index (χ0n) is 2.84. The summed E-state index contributed by atoms with van der Waals surface area (Å²) in [6.07, 6.45) is 1.12. The summed E-state index contributed by atoms with van der Waals surface area (Å²) in [5.41, 5.74) is 0. The van der Waals surface area contributed by atoms with E-state index in [1.54, 1.807) is 0 Å². The molecular weight excluding hydrogens is 121 g/mol. The van der Waals surface area contributed by atoms with Gasteiger partial charge >= 0.3 is 0 Å². The Morgan fingerprint density at radius 1 is 1.40 bits per heavy atom. The summed E-state index contributed by atoms with van der Waals surface area (Å²) >= 11 is 0. The summed E-state index contributed by atoms with van der Waals surface area (Å²) in [6.45, 7) is 0. The topological polar surface area (TPSA) is 34.1 Å². The zero-order valence-corrected chi connectivity index (χ0v) is 5.54. The fourth-order valence-electron chi connectivity index (χ4n) is 0. The molecule has 2 nitrogen and oxygen atoms in total. The summed E-state index contributed by atoms with van der Waals surface area (Å²) in [6, 6.07) is 0. The van der Waals surface area contributed by atoms with Crippen LogP contribution in [0.2, 0.25) is 0 Å². The maximum atomic E-state index is 9.04. The molecule has 0 amide bonds. The monoisotopic (exact) mass is 125 g/mol. The molecule has 0 aliphatic heterocycles. The molecule has 5 heavy (non-hydrogen) atoms. The van der Waals surface area contributed by atoms with Crippen molar-refractivity contribution in [1.82, 2.24) is 0 Å².